The van der Waals surface area contributed by atoms with E-state index in [1.54, 1.807) is 6.07 Å². The molecule has 0 unspecified atom stereocenters. The quantitative estimate of drug-likeness (QED) is 0.833. The summed E-state index contributed by atoms with van der Waals surface area (Å²) in [6, 6.07) is 10.5. The topological polar surface area (TPSA) is 20.3 Å². The van der Waals surface area contributed by atoms with E-state index < -0.39 is 0 Å². The Hall–Kier alpha value is -1.68. The molecule has 0 radical (unpaired) electrons. The van der Waals surface area contributed by atoms with Gasteiger partial charge in [0.1, 0.15) is 5.82 Å². The van der Waals surface area contributed by atoms with Crippen LogP contribution in [0.4, 0.5) is 4.39 Å². The van der Waals surface area contributed by atoms with Crippen LogP contribution in [0.3, 0.4) is 0 Å². The van der Waals surface area contributed by atoms with E-state index in [0.29, 0.717) is 12.6 Å². The molecular formula is C15H14FNOS. The van der Waals surface area contributed by atoms with Gasteiger partial charge in [-0.25, -0.2) is 4.39 Å². The van der Waals surface area contributed by atoms with Gasteiger partial charge in [-0.05, 0) is 42.0 Å². The molecule has 0 saturated heterocycles. The fraction of sp³-hybridized carbons (Fsp3) is 0.267. The Morgan fingerprint density at radius 2 is 2.16 bits per heavy atom. The zero-order chi connectivity index (χ0) is 13.2. The molecule has 0 atom stereocenters. The first-order valence-electron chi connectivity index (χ1n) is 6.33. The maximum atomic E-state index is 13.2. The number of halogens is 1. The first-order chi connectivity index (χ1) is 9.24. The Bertz CT molecular complexity index is 578. The summed E-state index contributed by atoms with van der Waals surface area (Å²) in [5, 5.41) is 1.90. The molecule has 1 saturated carbocycles. The summed E-state index contributed by atoms with van der Waals surface area (Å²) < 4.78 is 13.2. The third kappa shape index (κ3) is 2.84. The van der Waals surface area contributed by atoms with Gasteiger partial charge in [0.15, 0.2) is 0 Å². The summed E-state index contributed by atoms with van der Waals surface area (Å²) in [5.41, 5.74) is 0.844. The van der Waals surface area contributed by atoms with E-state index in [0.717, 1.165) is 23.3 Å². The molecule has 0 N–H and O–H groups in total. The molecule has 3 rings (SSSR count). The van der Waals surface area contributed by atoms with E-state index in [-0.39, 0.29) is 11.7 Å². The minimum absolute atomic E-state index is 0.0572. The number of hydrogen-bond donors (Lipinski definition) is 0. The number of thiophene rings is 1. The highest BCUT2D eigenvalue weighted by Crippen LogP contribution is 2.30. The van der Waals surface area contributed by atoms with Crippen molar-refractivity contribution in [3.8, 4) is 0 Å². The summed E-state index contributed by atoms with van der Waals surface area (Å²) in [6.45, 7) is 0.485. The van der Waals surface area contributed by atoms with Gasteiger partial charge in [0, 0.05) is 12.6 Å². The second-order valence-corrected chi connectivity index (χ2v) is 5.72. The number of hydrogen-bond acceptors (Lipinski definition) is 2. The Labute approximate surface area is 115 Å². The molecule has 0 aliphatic heterocycles. The predicted octanol–water partition coefficient (Wildman–Crippen LogP) is 3.69. The maximum absolute atomic E-state index is 13.2. The highest BCUT2D eigenvalue weighted by atomic mass is 32.1. The standard InChI is InChI=1S/C15H14FNOS/c16-12-4-1-3-11(9-12)10-17(13-6-7-13)15(18)14-5-2-8-19-14/h1-5,8-9,13H,6-7,10H2. The summed E-state index contributed by atoms with van der Waals surface area (Å²) in [5.74, 6) is -0.196. The van der Waals surface area contributed by atoms with Crippen LogP contribution in [-0.2, 0) is 6.54 Å². The number of amides is 1. The zero-order valence-corrected chi connectivity index (χ0v) is 11.2. The third-order valence-electron chi connectivity index (χ3n) is 3.22. The fourth-order valence-corrected chi connectivity index (χ4v) is 2.81. The van der Waals surface area contributed by atoms with Crippen LogP contribution in [0.1, 0.15) is 28.1 Å². The average molecular weight is 275 g/mol. The minimum atomic E-state index is -0.253. The lowest BCUT2D eigenvalue weighted by Gasteiger charge is -2.22. The van der Waals surface area contributed by atoms with Crippen molar-refractivity contribution in [3.05, 3.63) is 58.0 Å². The smallest absolute Gasteiger partial charge is 0.264 e. The van der Waals surface area contributed by atoms with Crippen LogP contribution >= 0.6 is 11.3 Å². The molecule has 1 amide bonds. The molecule has 4 heteroatoms. The van der Waals surface area contributed by atoms with Crippen molar-refractivity contribution in [1.29, 1.82) is 0 Å². The van der Waals surface area contributed by atoms with E-state index in [1.165, 1.54) is 23.5 Å². The zero-order valence-electron chi connectivity index (χ0n) is 10.4. The lowest BCUT2D eigenvalue weighted by molar-refractivity contribution is 0.0734. The molecule has 2 nitrogen and oxygen atoms in total. The van der Waals surface area contributed by atoms with E-state index in [9.17, 15) is 9.18 Å². The molecule has 0 spiro atoms. The summed E-state index contributed by atoms with van der Waals surface area (Å²) in [6.07, 6.45) is 2.10. The van der Waals surface area contributed by atoms with Gasteiger partial charge in [0.2, 0.25) is 0 Å². The van der Waals surface area contributed by atoms with Gasteiger partial charge in [-0.1, -0.05) is 18.2 Å². The fourth-order valence-electron chi connectivity index (χ4n) is 2.13. The van der Waals surface area contributed by atoms with Crippen molar-refractivity contribution in [1.82, 2.24) is 4.90 Å². The molecule has 2 aromatic rings. The normalized spacial score (nSPS) is 14.4. The number of rotatable bonds is 4. The van der Waals surface area contributed by atoms with Crippen LogP contribution < -0.4 is 0 Å². The van der Waals surface area contributed by atoms with Gasteiger partial charge < -0.3 is 4.90 Å². The first kappa shape index (κ1) is 12.4. The van der Waals surface area contributed by atoms with Crippen molar-refractivity contribution >= 4 is 17.2 Å². The third-order valence-corrected chi connectivity index (χ3v) is 4.08. The molecule has 1 aliphatic carbocycles. The van der Waals surface area contributed by atoms with Crippen molar-refractivity contribution < 1.29 is 9.18 Å². The Morgan fingerprint density at radius 1 is 1.32 bits per heavy atom. The lowest BCUT2D eigenvalue weighted by Crippen LogP contribution is -2.32. The van der Waals surface area contributed by atoms with Gasteiger partial charge in [-0.2, -0.15) is 0 Å². The number of nitrogens with zero attached hydrogens (tertiary/aromatic N) is 1. The Kier molecular flexibility index (Phi) is 3.34. The van der Waals surface area contributed by atoms with Crippen LogP contribution in [0.2, 0.25) is 0 Å². The van der Waals surface area contributed by atoms with Crippen molar-refractivity contribution in [2.75, 3.05) is 0 Å². The highest BCUT2D eigenvalue weighted by molar-refractivity contribution is 7.12. The van der Waals surface area contributed by atoms with E-state index in [4.69, 9.17) is 0 Å². The maximum Gasteiger partial charge on any atom is 0.264 e. The van der Waals surface area contributed by atoms with Crippen LogP contribution in [0, 0.1) is 5.82 Å². The predicted molar refractivity (Wildman–Crippen MR) is 73.6 cm³/mol. The largest absolute Gasteiger partial charge is 0.331 e. The average Bonchev–Trinajstić information content (AvgIpc) is 3.09. The molecule has 1 aromatic carbocycles. The summed E-state index contributed by atoms with van der Waals surface area (Å²) in [4.78, 5) is 15.0. The van der Waals surface area contributed by atoms with E-state index in [1.807, 2.05) is 28.5 Å². The van der Waals surface area contributed by atoms with Gasteiger partial charge in [-0.15, -0.1) is 11.3 Å². The van der Waals surface area contributed by atoms with Crippen molar-refractivity contribution in [2.24, 2.45) is 0 Å². The lowest BCUT2D eigenvalue weighted by atomic mass is 10.2. The van der Waals surface area contributed by atoms with E-state index >= 15 is 0 Å². The van der Waals surface area contributed by atoms with Gasteiger partial charge in [-0.3, -0.25) is 4.79 Å². The molecule has 1 fully saturated rings. The highest BCUT2D eigenvalue weighted by Gasteiger charge is 2.33. The number of carbonyl (C=O) groups excluding carboxylic acids is 1. The van der Waals surface area contributed by atoms with Gasteiger partial charge in [0.05, 0.1) is 4.88 Å². The molecule has 1 aliphatic rings. The molecule has 1 aromatic heterocycles. The van der Waals surface area contributed by atoms with Crippen LogP contribution in [0.25, 0.3) is 0 Å². The second kappa shape index (κ2) is 5.13. The Balaban J connectivity index is 1.80. The van der Waals surface area contributed by atoms with Gasteiger partial charge >= 0.3 is 0 Å². The summed E-state index contributed by atoms with van der Waals surface area (Å²) in [7, 11) is 0. The van der Waals surface area contributed by atoms with E-state index in [2.05, 4.69) is 0 Å². The second-order valence-electron chi connectivity index (χ2n) is 4.77. The molecule has 98 valence electrons. The number of benzene rings is 1. The minimum Gasteiger partial charge on any atom is -0.331 e. The molecular weight excluding hydrogens is 261 g/mol. The van der Waals surface area contributed by atoms with Crippen molar-refractivity contribution in [2.45, 2.75) is 25.4 Å². The molecule has 0 bridgehead atoms. The van der Waals surface area contributed by atoms with Crippen LogP contribution in [0.15, 0.2) is 41.8 Å². The Morgan fingerprint density at radius 3 is 2.79 bits per heavy atom. The van der Waals surface area contributed by atoms with Crippen molar-refractivity contribution in [3.63, 3.8) is 0 Å². The van der Waals surface area contributed by atoms with Crippen LogP contribution in [-0.4, -0.2) is 16.8 Å². The molecule has 19 heavy (non-hydrogen) atoms. The monoisotopic (exact) mass is 275 g/mol. The van der Waals surface area contributed by atoms with Gasteiger partial charge in [0.25, 0.3) is 5.91 Å². The number of carbonyl (C=O) groups is 1. The van der Waals surface area contributed by atoms with Crippen LogP contribution in [0.5, 0.6) is 0 Å². The summed E-state index contributed by atoms with van der Waals surface area (Å²) >= 11 is 1.45. The SMILES string of the molecule is O=C(c1cccs1)N(Cc1cccc(F)c1)C1CC1. The first-order valence-corrected chi connectivity index (χ1v) is 7.21. The molecule has 1 heterocycles.